The van der Waals surface area contributed by atoms with Gasteiger partial charge in [0.05, 0.1) is 12.7 Å². The van der Waals surface area contributed by atoms with Gasteiger partial charge in [-0.15, -0.1) is 12.4 Å². The Kier molecular flexibility index (Phi) is 3.97. The van der Waals surface area contributed by atoms with Crippen LogP contribution in [0, 0.1) is 0 Å². The van der Waals surface area contributed by atoms with Crippen LogP contribution < -0.4 is 5.32 Å². The zero-order valence-corrected chi connectivity index (χ0v) is 9.39. The van der Waals surface area contributed by atoms with Crippen LogP contribution in [0.15, 0.2) is 18.2 Å². The highest BCUT2D eigenvalue weighted by Gasteiger charge is 2.11. The van der Waals surface area contributed by atoms with E-state index in [9.17, 15) is 4.79 Å². The minimum absolute atomic E-state index is 0. The van der Waals surface area contributed by atoms with Gasteiger partial charge in [0.25, 0.3) is 0 Å². The first kappa shape index (κ1) is 11.9. The Morgan fingerprint density at radius 2 is 2.27 bits per heavy atom. The van der Waals surface area contributed by atoms with Gasteiger partial charge in [0.15, 0.2) is 0 Å². The molecule has 82 valence electrons. The number of hydrogen-bond donors (Lipinski definition) is 1. The minimum atomic E-state index is -0.278. The van der Waals surface area contributed by atoms with Crippen molar-refractivity contribution < 1.29 is 9.53 Å². The van der Waals surface area contributed by atoms with Crippen LogP contribution in [0.4, 0.5) is 5.69 Å². The van der Waals surface area contributed by atoms with Gasteiger partial charge in [-0.3, -0.25) is 0 Å². The van der Waals surface area contributed by atoms with E-state index in [0.717, 1.165) is 25.1 Å². The molecule has 1 aliphatic rings. The monoisotopic (exact) mass is 227 g/mol. The molecule has 1 aromatic carbocycles. The number of fused-ring (bicyclic) bond motifs is 1. The number of halogens is 1. The molecule has 1 heterocycles. The lowest BCUT2D eigenvalue weighted by molar-refractivity contribution is 0.0601. The number of nitrogens with one attached hydrogen (secondary N) is 1. The van der Waals surface area contributed by atoms with Crippen LogP contribution >= 0.6 is 12.4 Å². The van der Waals surface area contributed by atoms with Gasteiger partial charge in [0.2, 0.25) is 0 Å². The van der Waals surface area contributed by atoms with Crippen molar-refractivity contribution in [2.24, 2.45) is 0 Å². The van der Waals surface area contributed by atoms with Gasteiger partial charge in [0, 0.05) is 12.2 Å². The zero-order chi connectivity index (χ0) is 9.97. The van der Waals surface area contributed by atoms with Crippen molar-refractivity contribution in [1.29, 1.82) is 0 Å². The summed E-state index contributed by atoms with van der Waals surface area (Å²) in [5.41, 5.74) is 2.96. The number of anilines is 1. The van der Waals surface area contributed by atoms with E-state index in [1.807, 2.05) is 18.2 Å². The van der Waals surface area contributed by atoms with Gasteiger partial charge in [0.1, 0.15) is 0 Å². The molecule has 0 atom stereocenters. The molecule has 0 aliphatic carbocycles. The molecule has 1 N–H and O–H groups in total. The van der Waals surface area contributed by atoms with Crippen LogP contribution in [0.2, 0.25) is 0 Å². The Labute approximate surface area is 95.2 Å². The average Bonchev–Trinajstić information content (AvgIpc) is 2.27. The van der Waals surface area contributed by atoms with Crippen molar-refractivity contribution >= 4 is 24.1 Å². The fraction of sp³-hybridized carbons (Fsp3) is 0.364. The number of ether oxygens (including phenoxy) is 1. The largest absolute Gasteiger partial charge is 0.465 e. The molecule has 1 aromatic rings. The summed E-state index contributed by atoms with van der Waals surface area (Å²) in [6.07, 6.45) is 2.24. The highest BCUT2D eigenvalue weighted by Crippen LogP contribution is 2.23. The molecule has 0 radical (unpaired) electrons. The van der Waals surface area contributed by atoms with Crippen molar-refractivity contribution in [3.05, 3.63) is 29.3 Å². The van der Waals surface area contributed by atoms with E-state index in [2.05, 4.69) is 10.1 Å². The third-order valence-electron chi connectivity index (χ3n) is 2.47. The van der Waals surface area contributed by atoms with Crippen LogP contribution in [0.5, 0.6) is 0 Å². The molecule has 0 saturated carbocycles. The Hall–Kier alpha value is -1.22. The van der Waals surface area contributed by atoms with Gasteiger partial charge in [-0.2, -0.15) is 0 Å². The summed E-state index contributed by atoms with van der Waals surface area (Å²) < 4.78 is 4.66. The maximum Gasteiger partial charge on any atom is 0.337 e. The normalized spacial score (nSPS) is 13.1. The smallest absolute Gasteiger partial charge is 0.337 e. The standard InChI is InChI=1S/C11H13NO2.ClH/c1-14-11(13)9-5-4-8-3-2-6-12-10(8)7-9;/h4-5,7,12H,2-3,6H2,1H3;1H. The average molecular weight is 228 g/mol. The summed E-state index contributed by atoms with van der Waals surface area (Å²) in [7, 11) is 1.40. The minimum Gasteiger partial charge on any atom is -0.465 e. The maximum absolute atomic E-state index is 11.2. The second-order valence-corrected chi connectivity index (χ2v) is 3.39. The Morgan fingerprint density at radius 3 is 3.00 bits per heavy atom. The summed E-state index contributed by atoms with van der Waals surface area (Å²) in [6.45, 7) is 0.984. The molecule has 0 aromatic heterocycles. The van der Waals surface area contributed by atoms with E-state index in [1.165, 1.54) is 12.7 Å². The lowest BCUT2D eigenvalue weighted by atomic mass is 10.0. The first-order valence-electron chi connectivity index (χ1n) is 4.76. The van der Waals surface area contributed by atoms with Gasteiger partial charge in [-0.05, 0) is 30.5 Å². The number of esters is 1. The number of carbonyl (C=O) groups is 1. The third kappa shape index (κ3) is 2.42. The fourth-order valence-corrected chi connectivity index (χ4v) is 1.71. The molecule has 1 aliphatic heterocycles. The Morgan fingerprint density at radius 1 is 1.47 bits per heavy atom. The molecule has 0 bridgehead atoms. The van der Waals surface area contributed by atoms with E-state index in [-0.39, 0.29) is 18.4 Å². The van der Waals surface area contributed by atoms with Gasteiger partial charge < -0.3 is 10.1 Å². The Bertz CT molecular complexity index is 366. The van der Waals surface area contributed by atoms with Crippen molar-refractivity contribution in [2.45, 2.75) is 12.8 Å². The summed E-state index contributed by atoms with van der Waals surface area (Å²) in [5, 5.41) is 3.27. The number of carbonyl (C=O) groups excluding carboxylic acids is 1. The topological polar surface area (TPSA) is 38.3 Å². The maximum atomic E-state index is 11.2. The van der Waals surface area contributed by atoms with Crippen LogP contribution in [0.1, 0.15) is 22.3 Å². The summed E-state index contributed by atoms with van der Waals surface area (Å²) >= 11 is 0. The molecule has 0 spiro atoms. The predicted molar refractivity (Wildman–Crippen MR) is 61.8 cm³/mol. The molecule has 3 nitrogen and oxygen atoms in total. The number of rotatable bonds is 1. The summed E-state index contributed by atoms with van der Waals surface area (Å²) in [6, 6.07) is 5.67. The highest BCUT2D eigenvalue weighted by atomic mass is 35.5. The van der Waals surface area contributed by atoms with E-state index in [1.54, 1.807) is 0 Å². The number of aryl methyl sites for hydroxylation is 1. The zero-order valence-electron chi connectivity index (χ0n) is 8.58. The highest BCUT2D eigenvalue weighted by molar-refractivity contribution is 5.90. The fourth-order valence-electron chi connectivity index (χ4n) is 1.71. The quantitative estimate of drug-likeness (QED) is 0.748. The first-order chi connectivity index (χ1) is 6.81. The molecule has 2 rings (SSSR count). The van der Waals surface area contributed by atoms with Crippen LogP contribution in [0.3, 0.4) is 0 Å². The van der Waals surface area contributed by atoms with E-state index >= 15 is 0 Å². The van der Waals surface area contributed by atoms with Gasteiger partial charge >= 0.3 is 5.97 Å². The SMILES string of the molecule is COC(=O)c1ccc2c(c1)NCCC2.Cl. The van der Waals surface area contributed by atoms with Gasteiger partial charge in [-0.25, -0.2) is 4.79 Å². The summed E-state index contributed by atoms with van der Waals surface area (Å²) in [4.78, 5) is 11.2. The number of methoxy groups -OCH3 is 1. The first-order valence-corrected chi connectivity index (χ1v) is 4.76. The molecule has 0 saturated heterocycles. The lowest BCUT2D eigenvalue weighted by Crippen LogP contribution is -2.13. The molecular formula is C11H14ClNO2. The van der Waals surface area contributed by atoms with E-state index in [0.29, 0.717) is 5.56 Å². The number of benzene rings is 1. The predicted octanol–water partition coefficient (Wildman–Crippen LogP) is 2.25. The second-order valence-electron chi connectivity index (χ2n) is 3.39. The molecule has 0 unspecified atom stereocenters. The Balaban J connectivity index is 0.00000112. The van der Waals surface area contributed by atoms with Crippen LogP contribution in [-0.2, 0) is 11.2 Å². The van der Waals surface area contributed by atoms with E-state index < -0.39 is 0 Å². The second kappa shape index (κ2) is 5.03. The van der Waals surface area contributed by atoms with Gasteiger partial charge in [-0.1, -0.05) is 6.07 Å². The van der Waals surface area contributed by atoms with Crippen LogP contribution in [0.25, 0.3) is 0 Å². The van der Waals surface area contributed by atoms with Crippen molar-refractivity contribution in [1.82, 2.24) is 0 Å². The van der Waals surface area contributed by atoms with Crippen molar-refractivity contribution in [3.8, 4) is 0 Å². The lowest BCUT2D eigenvalue weighted by Gasteiger charge is -2.18. The molecular weight excluding hydrogens is 214 g/mol. The molecule has 4 heteroatoms. The molecule has 0 fully saturated rings. The van der Waals surface area contributed by atoms with Crippen molar-refractivity contribution in [3.63, 3.8) is 0 Å². The van der Waals surface area contributed by atoms with Crippen molar-refractivity contribution in [2.75, 3.05) is 19.0 Å². The third-order valence-corrected chi connectivity index (χ3v) is 2.47. The summed E-state index contributed by atoms with van der Waals surface area (Å²) in [5.74, 6) is -0.278. The van der Waals surface area contributed by atoms with E-state index in [4.69, 9.17) is 0 Å². The molecule has 0 amide bonds. The number of hydrogen-bond acceptors (Lipinski definition) is 3. The molecule has 15 heavy (non-hydrogen) atoms. The van der Waals surface area contributed by atoms with Crippen LogP contribution in [-0.4, -0.2) is 19.6 Å².